The first kappa shape index (κ1) is 16.0. The van der Waals surface area contributed by atoms with E-state index in [0.717, 1.165) is 50.3 Å². The molecule has 0 atom stereocenters. The number of rotatable bonds is 5. The highest BCUT2D eigenvalue weighted by Crippen LogP contribution is 2.36. The first-order valence-electron chi connectivity index (χ1n) is 8.97. The molecule has 2 aromatic heterocycles. The molecule has 7 heteroatoms. The van der Waals surface area contributed by atoms with Gasteiger partial charge in [0.25, 0.3) is 5.91 Å². The number of amides is 1. The van der Waals surface area contributed by atoms with Crippen molar-refractivity contribution >= 4 is 17.1 Å². The van der Waals surface area contributed by atoms with Crippen LogP contribution in [0.25, 0.3) is 11.2 Å². The zero-order valence-corrected chi connectivity index (χ0v) is 14.3. The summed E-state index contributed by atoms with van der Waals surface area (Å²) in [6.07, 6.45) is 7.39. The van der Waals surface area contributed by atoms with Gasteiger partial charge in [-0.15, -0.1) is 0 Å². The van der Waals surface area contributed by atoms with E-state index in [0.29, 0.717) is 18.0 Å². The Kier molecular flexibility index (Phi) is 4.36. The van der Waals surface area contributed by atoms with Crippen LogP contribution in [0.2, 0.25) is 0 Å². The Morgan fingerprint density at radius 1 is 1.24 bits per heavy atom. The summed E-state index contributed by atoms with van der Waals surface area (Å²) in [4.78, 5) is 25.9. The van der Waals surface area contributed by atoms with Crippen molar-refractivity contribution in [1.29, 1.82) is 5.26 Å². The van der Waals surface area contributed by atoms with Gasteiger partial charge in [-0.2, -0.15) is 5.26 Å². The number of hydrogen-bond donors (Lipinski definition) is 0. The van der Waals surface area contributed by atoms with Gasteiger partial charge in [-0.05, 0) is 31.9 Å². The molecule has 1 saturated heterocycles. The zero-order chi connectivity index (χ0) is 17.2. The maximum atomic E-state index is 12.8. The van der Waals surface area contributed by atoms with E-state index in [1.807, 2.05) is 17.3 Å². The molecule has 2 aromatic rings. The van der Waals surface area contributed by atoms with E-state index in [9.17, 15) is 4.79 Å². The van der Waals surface area contributed by atoms with Crippen molar-refractivity contribution in [1.82, 2.24) is 24.3 Å². The number of nitrogens with zero attached hydrogens (tertiary/aromatic N) is 6. The smallest absolute Gasteiger partial charge is 0.255 e. The summed E-state index contributed by atoms with van der Waals surface area (Å²) in [5, 5.41) is 8.61. The van der Waals surface area contributed by atoms with E-state index in [4.69, 9.17) is 5.26 Å². The summed E-state index contributed by atoms with van der Waals surface area (Å²) in [5.41, 5.74) is 2.29. The molecule has 25 heavy (non-hydrogen) atoms. The van der Waals surface area contributed by atoms with Crippen molar-refractivity contribution < 1.29 is 4.79 Å². The van der Waals surface area contributed by atoms with Crippen molar-refractivity contribution in [2.75, 3.05) is 32.7 Å². The Bertz CT molecular complexity index is 811. The molecule has 0 unspecified atom stereocenters. The van der Waals surface area contributed by atoms with Crippen LogP contribution in [0.4, 0.5) is 0 Å². The number of piperazine rings is 1. The molecule has 0 bridgehead atoms. The number of aromatic nitrogens is 3. The highest BCUT2D eigenvalue weighted by Gasteiger charge is 2.26. The zero-order valence-electron chi connectivity index (χ0n) is 14.3. The molecule has 0 aromatic carbocycles. The van der Waals surface area contributed by atoms with Crippen LogP contribution in [0.1, 0.15) is 42.1 Å². The number of unbranched alkanes of at least 4 members (excludes halogenated alkanes) is 1. The van der Waals surface area contributed by atoms with Gasteiger partial charge in [-0.25, -0.2) is 9.97 Å². The molecule has 130 valence electrons. The summed E-state index contributed by atoms with van der Waals surface area (Å²) >= 11 is 0. The maximum Gasteiger partial charge on any atom is 0.255 e. The van der Waals surface area contributed by atoms with Crippen LogP contribution in [0.15, 0.2) is 18.6 Å². The standard InChI is InChI=1S/C18H22N6O/c19-5-1-2-6-22-7-9-23(10-8-22)18(25)14-11-16-17(20-12-14)24(13-21-16)15-3-4-15/h11-13,15H,1-4,6-10H2. The molecule has 0 radical (unpaired) electrons. The first-order chi connectivity index (χ1) is 12.3. The van der Waals surface area contributed by atoms with Crippen LogP contribution in [-0.4, -0.2) is 63.0 Å². The molecular weight excluding hydrogens is 316 g/mol. The van der Waals surface area contributed by atoms with E-state index in [1.165, 1.54) is 12.8 Å². The molecule has 0 spiro atoms. The van der Waals surface area contributed by atoms with Crippen LogP contribution in [-0.2, 0) is 0 Å². The van der Waals surface area contributed by atoms with E-state index in [2.05, 4.69) is 25.5 Å². The van der Waals surface area contributed by atoms with Crippen molar-refractivity contribution in [3.63, 3.8) is 0 Å². The number of hydrogen-bond acceptors (Lipinski definition) is 5. The number of pyridine rings is 1. The van der Waals surface area contributed by atoms with Crippen molar-refractivity contribution in [2.24, 2.45) is 0 Å². The summed E-state index contributed by atoms with van der Waals surface area (Å²) in [6.45, 7) is 4.11. The van der Waals surface area contributed by atoms with E-state index in [-0.39, 0.29) is 5.91 Å². The largest absolute Gasteiger partial charge is 0.336 e. The Morgan fingerprint density at radius 3 is 2.76 bits per heavy atom. The summed E-state index contributed by atoms with van der Waals surface area (Å²) in [6, 6.07) is 4.58. The minimum absolute atomic E-state index is 0.0343. The second kappa shape index (κ2) is 6.81. The highest BCUT2D eigenvalue weighted by atomic mass is 16.2. The van der Waals surface area contributed by atoms with Crippen molar-refractivity contribution in [3.8, 4) is 6.07 Å². The minimum atomic E-state index is 0.0343. The molecule has 2 fully saturated rings. The van der Waals surface area contributed by atoms with E-state index < -0.39 is 0 Å². The molecular formula is C18H22N6O. The van der Waals surface area contributed by atoms with Crippen LogP contribution in [0.5, 0.6) is 0 Å². The van der Waals surface area contributed by atoms with Gasteiger partial charge >= 0.3 is 0 Å². The lowest BCUT2D eigenvalue weighted by Crippen LogP contribution is -2.48. The predicted octanol–water partition coefficient (Wildman–Crippen LogP) is 1.83. The summed E-state index contributed by atoms with van der Waals surface area (Å²) in [5.74, 6) is 0.0343. The van der Waals surface area contributed by atoms with Crippen molar-refractivity contribution in [3.05, 3.63) is 24.2 Å². The Hall–Kier alpha value is -2.46. The Balaban J connectivity index is 1.40. The topological polar surface area (TPSA) is 78.1 Å². The number of carbonyl (C=O) groups is 1. The molecule has 7 nitrogen and oxygen atoms in total. The van der Waals surface area contributed by atoms with Gasteiger partial charge in [-0.3, -0.25) is 9.69 Å². The lowest BCUT2D eigenvalue weighted by molar-refractivity contribution is 0.0636. The third kappa shape index (κ3) is 3.35. The fraction of sp³-hybridized carbons (Fsp3) is 0.556. The monoisotopic (exact) mass is 338 g/mol. The lowest BCUT2D eigenvalue weighted by Gasteiger charge is -2.34. The predicted molar refractivity (Wildman–Crippen MR) is 93.0 cm³/mol. The van der Waals surface area contributed by atoms with Crippen LogP contribution in [0, 0.1) is 11.3 Å². The Morgan fingerprint density at radius 2 is 2.04 bits per heavy atom. The fourth-order valence-corrected chi connectivity index (χ4v) is 3.39. The normalized spacial score (nSPS) is 18.4. The van der Waals surface area contributed by atoms with Crippen LogP contribution < -0.4 is 0 Å². The average Bonchev–Trinajstić information content (AvgIpc) is 3.41. The minimum Gasteiger partial charge on any atom is -0.336 e. The number of fused-ring (bicyclic) bond motifs is 1. The number of imidazole rings is 1. The average molecular weight is 338 g/mol. The highest BCUT2D eigenvalue weighted by molar-refractivity contribution is 5.96. The number of nitriles is 1. The molecule has 4 rings (SSSR count). The summed E-state index contributed by atoms with van der Waals surface area (Å²) < 4.78 is 2.11. The van der Waals surface area contributed by atoms with E-state index in [1.54, 1.807) is 6.20 Å². The fourth-order valence-electron chi connectivity index (χ4n) is 3.39. The third-order valence-corrected chi connectivity index (χ3v) is 5.02. The second-order valence-electron chi connectivity index (χ2n) is 6.85. The van der Waals surface area contributed by atoms with Crippen LogP contribution in [0.3, 0.4) is 0 Å². The first-order valence-corrected chi connectivity index (χ1v) is 8.97. The van der Waals surface area contributed by atoms with Gasteiger partial charge in [0.05, 0.1) is 18.0 Å². The SMILES string of the molecule is N#CCCCN1CCN(C(=O)c2cnc3c(c2)ncn3C2CC2)CC1. The lowest BCUT2D eigenvalue weighted by atomic mass is 10.2. The molecule has 1 aliphatic heterocycles. The van der Waals surface area contributed by atoms with Crippen LogP contribution >= 0.6 is 0 Å². The van der Waals surface area contributed by atoms with E-state index >= 15 is 0 Å². The van der Waals surface area contributed by atoms with Gasteiger partial charge in [0.2, 0.25) is 0 Å². The van der Waals surface area contributed by atoms with Gasteiger partial charge in [0, 0.05) is 44.8 Å². The molecule has 3 heterocycles. The second-order valence-corrected chi connectivity index (χ2v) is 6.85. The molecule has 2 aliphatic rings. The molecule has 1 saturated carbocycles. The maximum absolute atomic E-state index is 12.8. The molecule has 1 amide bonds. The number of carbonyl (C=O) groups excluding carboxylic acids is 1. The molecule has 1 aliphatic carbocycles. The Labute approximate surface area is 146 Å². The summed E-state index contributed by atoms with van der Waals surface area (Å²) in [7, 11) is 0. The van der Waals surface area contributed by atoms with Crippen molar-refractivity contribution in [2.45, 2.75) is 31.7 Å². The molecule has 0 N–H and O–H groups in total. The van der Waals surface area contributed by atoms with Gasteiger partial charge in [-0.1, -0.05) is 0 Å². The quantitative estimate of drug-likeness (QED) is 0.777. The third-order valence-electron chi connectivity index (χ3n) is 5.02. The van der Waals surface area contributed by atoms with Gasteiger partial charge in [0.1, 0.15) is 5.52 Å². The van der Waals surface area contributed by atoms with Gasteiger partial charge < -0.3 is 9.47 Å². The van der Waals surface area contributed by atoms with Gasteiger partial charge in [0.15, 0.2) is 5.65 Å².